The number of fused-ring (bicyclic) bond motifs is 5. The van der Waals surface area contributed by atoms with Crippen LogP contribution >= 0.6 is 0 Å². The quantitative estimate of drug-likeness (QED) is 0.360. The van der Waals surface area contributed by atoms with E-state index in [0.717, 1.165) is 24.2 Å². The summed E-state index contributed by atoms with van der Waals surface area (Å²) in [7, 11) is 0. The first-order valence-corrected chi connectivity index (χ1v) is 13.8. The predicted molar refractivity (Wildman–Crippen MR) is 132 cm³/mol. The van der Waals surface area contributed by atoms with Crippen molar-refractivity contribution in [3.8, 4) is 0 Å². The molecule has 1 N–H and O–H groups in total. The van der Waals surface area contributed by atoms with Gasteiger partial charge in [-0.05, 0) is 117 Å². The molecule has 5 aliphatic rings. The molecule has 0 aromatic heterocycles. The molecule has 9 atom stereocenters. The zero-order chi connectivity index (χ0) is 23.3. The molecule has 182 valence electrons. The number of allylic oxidation sites excluding steroid dienone is 2. The van der Waals surface area contributed by atoms with Gasteiger partial charge < -0.3 is 9.84 Å². The van der Waals surface area contributed by atoms with E-state index < -0.39 is 0 Å². The van der Waals surface area contributed by atoms with Crippen LogP contribution < -0.4 is 0 Å². The van der Waals surface area contributed by atoms with Crippen LogP contribution in [-0.2, 0) is 4.74 Å². The van der Waals surface area contributed by atoms with E-state index in [1.165, 1.54) is 51.4 Å². The lowest BCUT2D eigenvalue weighted by molar-refractivity contribution is -0.131. The van der Waals surface area contributed by atoms with Crippen LogP contribution in [0.25, 0.3) is 0 Å². The molecule has 2 heteroatoms. The summed E-state index contributed by atoms with van der Waals surface area (Å²) in [6.07, 6.45) is 14.5. The monoisotopic (exact) mass is 442 g/mol. The first-order valence-electron chi connectivity index (χ1n) is 13.8. The minimum atomic E-state index is -0.142. The summed E-state index contributed by atoms with van der Waals surface area (Å²) in [6, 6.07) is 0. The second-order valence-corrected chi connectivity index (χ2v) is 14.6. The van der Waals surface area contributed by atoms with E-state index in [1.54, 1.807) is 0 Å². The molecule has 0 bridgehead atoms. The normalized spacial score (nSPS) is 51.8. The maximum absolute atomic E-state index is 10.8. The summed E-state index contributed by atoms with van der Waals surface area (Å²) in [5, 5.41) is 10.8. The third-order valence-electron chi connectivity index (χ3n) is 12.6. The number of hydrogen-bond donors (Lipinski definition) is 1. The van der Waals surface area contributed by atoms with E-state index >= 15 is 0 Å². The van der Waals surface area contributed by atoms with Gasteiger partial charge in [-0.1, -0.05) is 53.2 Å². The molecule has 1 saturated heterocycles. The second kappa shape index (κ2) is 7.09. The van der Waals surface area contributed by atoms with Crippen molar-refractivity contribution in [1.82, 2.24) is 0 Å². The van der Waals surface area contributed by atoms with Gasteiger partial charge in [-0.25, -0.2) is 0 Å². The van der Waals surface area contributed by atoms with Crippen molar-refractivity contribution in [3.63, 3.8) is 0 Å². The minimum absolute atomic E-state index is 0.0298. The SMILES string of the molecule is C[C@H](CC[C@H]1OC1(C)C)[C@H]1CC[C@]2(C)C3=CC[C@H]4C(C)(C)[C@@H](O)CC[C@]4(C)[C@H]3CC[C@@]12C. The molecule has 5 rings (SSSR count). The lowest BCUT2D eigenvalue weighted by Crippen LogP contribution is -2.58. The van der Waals surface area contributed by atoms with Gasteiger partial charge in [0.1, 0.15) is 0 Å². The summed E-state index contributed by atoms with van der Waals surface area (Å²) in [6.45, 7) is 19.6. The molecule has 1 aliphatic heterocycles. The second-order valence-electron chi connectivity index (χ2n) is 14.6. The van der Waals surface area contributed by atoms with Crippen LogP contribution in [0.1, 0.15) is 113 Å². The number of hydrogen-bond acceptors (Lipinski definition) is 2. The molecule has 0 unspecified atom stereocenters. The molecule has 3 saturated carbocycles. The van der Waals surface area contributed by atoms with Crippen LogP contribution in [0, 0.1) is 45.3 Å². The molecule has 4 aliphatic carbocycles. The van der Waals surface area contributed by atoms with Gasteiger partial charge in [0, 0.05) is 0 Å². The maximum atomic E-state index is 10.8. The predicted octanol–water partition coefficient (Wildman–Crippen LogP) is 7.55. The highest BCUT2D eigenvalue weighted by Crippen LogP contribution is 2.73. The molecule has 2 nitrogen and oxygen atoms in total. The molecule has 0 amide bonds. The fourth-order valence-electron chi connectivity index (χ4n) is 10.0. The van der Waals surface area contributed by atoms with E-state index in [2.05, 4.69) is 61.5 Å². The average molecular weight is 443 g/mol. The molecule has 1 heterocycles. The number of ether oxygens (including phenoxy) is 1. The Bertz CT molecular complexity index is 795. The third kappa shape index (κ3) is 3.03. The average Bonchev–Trinajstić information content (AvgIpc) is 3.22. The van der Waals surface area contributed by atoms with Gasteiger partial charge in [0.15, 0.2) is 0 Å². The fourth-order valence-corrected chi connectivity index (χ4v) is 10.0. The number of epoxide rings is 1. The Morgan fingerprint density at radius 3 is 2.34 bits per heavy atom. The summed E-state index contributed by atoms with van der Waals surface area (Å²) >= 11 is 0. The standard InChI is InChI=1S/C30H50O2/c1-19(9-12-25-27(4,5)32-25)20-13-17-30(8)22-10-11-23-26(2,3)24(31)15-16-28(23,6)21(22)14-18-29(20,30)7/h10,19-21,23-25,31H,9,11-18H2,1-8H3/t19-,20-,21+,23+,24+,25-,28-,29+,30-/m1/s1. The number of aliphatic hydroxyl groups is 1. The highest BCUT2D eigenvalue weighted by Gasteiger charge is 2.65. The zero-order valence-corrected chi connectivity index (χ0v) is 22.3. The smallest absolute Gasteiger partial charge is 0.0892 e. The van der Waals surface area contributed by atoms with Crippen molar-refractivity contribution in [2.45, 2.75) is 131 Å². The summed E-state index contributed by atoms with van der Waals surface area (Å²) in [5.41, 5.74) is 3.14. The van der Waals surface area contributed by atoms with Crippen molar-refractivity contribution < 1.29 is 9.84 Å². The molecule has 0 spiro atoms. The van der Waals surface area contributed by atoms with Crippen LogP contribution in [0.4, 0.5) is 0 Å². The summed E-state index contributed by atoms with van der Waals surface area (Å²) < 4.78 is 5.90. The number of aliphatic hydroxyl groups excluding tert-OH is 1. The Morgan fingerprint density at radius 2 is 1.69 bits per heavy atom. The Kier molecular flexibility index (Phi) is 5.19. The highest BCUT2D eigenvalue weighted by atomic mass is 16.6. The van der Waals surface area contributed by atoms with E-state index in [9.17, 15) is 5.11 Å². The lowest BCUT2D eigenvalue weighted by atomic mass is 9.41. The van der Waals surface area contributed by atoms with Gasteiger partial charge in [-0.2, -0.15) is 0 Å². The number of rotatable bonds is 4. The zero-order valence-electron chi connectivity index (χ0n) is 22.3. The lowest BCUT2D eigenvalue weighted by Gasteiger charge is -2.64. The van der Waals surface area contributed by atoms with Crippen molar-refractivity contribution in [3.05, 3.63) is 11.6 Å². The first-order chi connectivity index (χ1) is 14.8. The van der Waals surface area contributed by atoms with Crippen LogP contribution in [-0.4, -0.2) is 22.9 Å². The summed E-state index contributed by atoms with van der Waals surface area (Å²) in [4.78, 5) is 0. The molecule has 32 heavy (non-hydrogen) atoms. The van der Waals surface area contributed by atoms with Crippen molar-refractivity contribution in [1.29, 1.82) is 0 Å². The largest absolute Gasteiger partial charge is 0.393 e. The van der Waals surface area contributed by atoms with Gasteiger partial charge in [-0.15, -0.1) is 0 Å². The summed E-state index contributed by atoms with van der Waals surface area (Å²) in [5.74, 6) is 2.96. The van der Waals surface area contributed by atoms with Crippen LogP contribution in [0.5, 0.6) is 0 Å². The molecular weight excluding hydrogens is 392 g/mol. The maximum Gasteiger partial charge on any atom is 0.0892 e. The topological polar surface area (TPSA) is 32.8 Å². The van der Waals surface area contributed by atoms with Crippen LogP contribution in [0.2, 0.25) is 0 Å². The third-order valence-corrected chi connectivity index (χ3v) is 12.6. The molecule has 0 aromatic rings. The van der Waals surface area contributed by atoms with E-state index in [1.807, 2.05) is 5.57 Å². The fraction of sp³-hybridized carbons (Fsp3) is 0.933. The van der Waals surface area contributed by atoms with Gasteiger partial charge in [0.2, 0.25) is 0 Å². The van der Waals surface area contributed by atoms with Gasteiger partial charge in [-0.3, -0.25) is 0 Å². The highest BCUT2D eigenvalue weighted by molar-refractivity contribution is 5.33. The molecule has 0 aromatic carbocycles. The molecular formula is C30H50O2. The van der Waals surface area contributed by atoms with E-state index in [-0.39, 0.29) is 17.1 Å². The van der Waals surface area contributed by atoms with Crippen LogP contribution in [0.15, 0.2) is 11.6 Å². The Hall–Kier alpha value is -0.340. The molecule has 4 fully saturated rings. The first kappa shape index (κ1) is 23.4. The van der Waals surface area contributed by atoms with Gasteiger partial charge >= 0.3 is 0 Å². The Labute approximate surface area is 198 Å². The van der Waals surface area contributed by atoms with Crippen molar-refractivity contribution >= 4 is 0 Å². The Balaban J connectivity index is 1.39. The van der Waals surface area contributed by atoms with E-state index in [0.29, 0.717) is 28.3 Å². The van der Waals surface area contributed by atoms with E-state index in [4.69, 9.17) is 4.74 Å². The van der Waals surface area contributed by atoms with Crippen molar-refractivity contribution in [2.75, 3.05) is 0 Å². The minimum Gasteiger partial charge on any atom is -0.393 e. The van der Waals surface area contributed by atoms with Crippen LogP contribution in [0.3, 0.4) is 0 Å². The van der Waals surface area contributed by atoms with Gasteiger partial charge in [0.05, 0.1) is 17.8 Å². The Morgan fingerprint density at radius 1 is 1.00 bits per heavy atom. The van der Waals surface area contributed by atoms with Gasteiger partial charge in [0.25, 0.3) is 0 Å². The molecule has 0 radical (unpaired) electrons. The van der Waals surface area contributed by atoms with Crippen molar-refractivity contribution in [2.24, 2.45) is 45.3 Å².